The van der Waals surface area contributed by atoms with Crippen molar-refractivity contribution in [3.63, 3.8) is 0 Å². The van der Waals surface area contributed by atoms with Crippen LogP contribution in [0.4, 0.5) is 10.1 Å². The number of carbonyl (C=O) groups excluding carboxylic acids is 1. The molecular weight excluding hydrogens is 415 g/mol. The Labute approximate surface area is 182 Å². The van der Waals surface area contributed by atoms with Gasteiger partial charge in [-0.2, -0.15) is 0 Å². The Bertz CT molecular complexity index is 1200. The van der Waals surface area contributed by atoms with Crippen LogP contribution in [0.3, 0.4) is 0 Å². The Morgan fingerprint density at radius 3 is 2.13 bits per heavy atom. The molecule has 0 aromatic heterocycles. The molecule has 0 unspecified atom stereocenters. The fourth-order valence-corrected chi connectivity index (χ4v) is 4.70. The van der Waals surface area contributed by atoms with Crippen molar-refractivity contribution in [3.8, 4) is 0 Å². The van der Waals surface area contributed by atoms with E-state index in [1.54, 1.807) is 50.2 Å². The topological polar surface area (TPSA) is 75.3 Å². The highest BCUT2D eigenvalue weighted by Crippen LogP contribution is 2.23. The van der Waals surface area contributed by atoms with Gasteiger partial charge in [0.1, 0.15) is 5.82 Å². The van der Waals surface area contributed by atoms with Gasteiger partial charge in [-0.1, -0.05) is 24.3 Å². The molecule has 5 nitrogen and oxygen atoms in total. The van der Waals surface area contributed by atoms with Crippen molar-refractivity contribution in [2.75, 3.05) is 4.72 Å². The van der Waals surface area contributed by atoms with Crippen molar-refractivity contribution in [2.24, 2.45) is 0 Å². The van der Waals surface area contributed by atoms with E-state index in [0.717, 1.165) is 16.7 Å². The minimum Gasteiger partial charge on any atom is -0.346 e. The first kappa shape index (κ1) is 22.5. The zero-order valence-corrected chi connectivity index (χ0v) is 18.7. The van der Waals surface area contributed by atoms with E-state index in [1.165, 1.54) is 18.2 Å². The Kier molecular flexibility index (Phi) is 6.45. The lowest BCUT2D eigenvalue weighted by Crippen LogP contribution is -2.27. The molecule has 0 aliphatic heterocycles. The van der Waals surface area contributed by atoms with Crippen LogP contribution in [-0.2, 0) is 10.0 Å². The van der Waals surface area contributed by atoms with E-state index < -0.39 is 15.9 Å². The van der Waals surface area contributed by atoms with E-state index in [4.69, 9.17) is 0 Å². The summed E-state index contributed by atoms with van der Waals surface area (Å²) >= 11 is 0. The summed E-state index contributed by atoms with van der Waals surface area (Å²) in [6.07, 6.45) is 0. The van der Waals surface area contributed by atoms with Crippen molar-refractivity contribution in [3.05, 3.63) is 94.3 Å². The molecule has 0 bridgehead atoms. The van der Waals surface area contributed by atoms with Crippen molar-refractivity contribution >= 4 is 21.6 Å². The first-order chi connectivity index (χ1) is 14.5. The Morgan fingerprint density at radius 2 is 1.52 bits per heavy atom. The highest BCUT2D eigenvalue weighted by atomic mass is 32.2. The number of sulfonamides is 1. The summed E-state index contributed by atoms with van der Waals surface area (Å²) < 4.78 is 41.8. The van der Waals surface area contributed by atoms with Gasteiger partial charge in [-0.25, -0.2) is 12.8 Å². The number of hydrogen-bond donors (Lipinski definition) is 2. The van der Waals surface area contributed by atoms with Gasteiger partial charge in [0.05, 0.1) is 10.9 Å². The summed E-state index contributed by atoms with van der Waals surface area (Å²) in [7, 11) is -3.89. The Morgan fingerprint density at radius 1 is 0.903 bits per heavy atom. The monoisotopic (exact) mass is 440 g/mol. The lowest BCUT2D eigenvalue weighted by atomic mass is 10.1. The molecule has 31 heavy (non-hydrogen) atoms. The standard InChI is InChI=1S/C24H25FN2O3S/c1-15-11-16(2)13-22(12-15)27-31(29,30)23-14-20(6-5-17(23)3)24(28)26-18(4)19-7-9-21(25)10-8-19/h5-14,18,27H,1-4H3,(H,26,28)/t18-/m1/s1. The quantitative estimate of drug-likeness (QED) is 0.564. The number of rotatable bonds is 6. The number of amides is 1. The fourth-order valence-electron chi connectivity index (χ4n) is 3.39. The first-order valence-electron chi connectivity index (χ1n) is 9.83. The maximum Gasteiger partial charge on any atom is 0.262 e. The van der Waals surface area contributed by atoms with Crippen LogP contribution in [0.1, 0.15) is 45.6 Å². The second-order valence-electron chi connectivity index (χ2n) is 7.71. The van der Waals surface area contributed by atoms with Crippen LogP contribution in [0.25, 0.3) is 0 Å². The lowest BCUT2D eigenvalue weighted by Gasteiger charge is -2.16. The van der Waals surface area contributed by atoms with Crippen LogP contribution in [0.2, 0.25) is 0 Å². The van der Waals surface area contributed by atoms with Crippen molar-refractivity contribution < 1.29 is 17.6 Å². The molecule has 3 aromatic carbocycles. The molecule has 3 aromatic rings. The minimum atomic E-state index is -3.89. The van der Waals surface area contributed by atoms with Gasteiger partial charge in [-0.15, -0.1) is 0 Å². The molecule has 0 radical (unpaired) electrons. The third-order valence-electron chi connectivity index (χ3n) is 4.93. The average molecular weight is 441 g/mol. The third kappa shape index (κ3) is 5.49. The van der Waals surface area contributed by atoms with E-state index in [1.807, 2.05) is 19.9 Å². The lowest BCUT2D eigenvalue weighted by molar-refractivity contribution is 0.0939. The third-order valence-corrected chi connectivity index (χ3v) is 6.45. The molecule has 0 fully saturated rings. The summed E-state index contributed by atoms with van der Waals surface area (Å²) in [6.45, 7) is 7.24. The normalized spacial score (nSPS) is 12.3. The molecule has 0 saturated carbocycles. The van der Waals surface area contributed by atoms with Crippen LogP contribution >= 0.6 is 0 Å². The van der Waals surface area contributed by atoms with Gasteiger partial charge in [-0.05, 0) is 86.3 Å². The van der Waals surface area contributed by atoms with Crippen LogP contribution in [0.5, 0.6) is 0 Å². The summed E-state index contributed by atoms with van der Waals surface area (Å²) in [5.41, 5.74) is 3.85. The first-order valence-corrected chi connectivity index (χ1v) is 11.3. The van der Waals surface area contributed by atoms with Gasteiger partial charge >= 0.3 is 0 Å². The van der Waals surface area contributed by atoms with E-state index in [9.17, 15) is 17.6 Å². The zero-order valence-electron chi connectivity index (χ0n) is 17.9. The zero-order chi connectivity index (χ0) is 22.8. The fraction of sp³-hybridized carbons (Fsp3) is 0.208. The second kappa shape index (κ2) is 8.89. The Balaban J connectivity index is 1.84. The number of benzene rings is 3. The van der Waals surface area contributed by atoms with E-state index in [-0.39, 0.29) is 22.3 Å². The molecule has 0 aliphatic carbocycles. The number of carbonyl (C=O) groups is 1. The van der Waals surface area contributed by atoms with Crippen molar-refractivity contribution in [2.45, 2.75) is 38.6 Å². The maximum absolute atomic E-state index is 13.1. The SMILES string of the molecule is Cc1cc(C)cc(NS(=O)(=O)c2cc(C(=O)N[C@H](C)c3ccc(F)cc3)ccc2C)c1. The van der Waals surface area contributed by atoms with Gasteiger partial charge in [0.15, 0.2) is 0 Å². The summed E-state index contributed by atoms with van der Waals surface area (Å²) in [6, 6.07) is 15.5. The molecule has 2 N–H and O–H groups in total. The smallest absolute Gasteiger partial charge is 0.262 e. The van der Waals surface area contributed by atoms with Crippen LogP contribution in [-0.4, -0.2) is 14.3 Å². The van der Waals surface area contributed by atoms with E-state index >= 15 is 0 Å². The molecular formula is C24H25FN2O3S. The van der Waals surface area contributed by atoms with Crippen LogP contribution in [0, 0.1) is 26.6 Å². The molecule has 0 heterocycles. The molecule has 1 atom stereocenters. The number of nitrogens with one attached hydrogen (secondary N) is 2. The van der Waals surface area contributed by atoms with Crippen LogP contribution in [0.15, 0.2) is 65.6 Å². The summed E-state index contributed by atoms with van der Waals surface area (Å²) in [5.74, 6) is -0.772. The number of halogens is 1. The second-order valence-corrected chi connectivity index (χ2v) is 9.36. The summed E-state index contributed by atoms with van der Waals surface area (Å²) in [5, 5.41) is 2.82. The van der Waals surface area contributed by atoms with Gasteiger partial charge in [0, 0.05) is 11.3 Å². The highest BCUT2D eigenvalue weighted by Gasteiger charge is 2.20. The van der Waals surface area contributed by atoms with E-state index in [2.05, 4.69) is 10.0 Å². The molecule has 1 amide bonds. The average Bonchev–Trinajstić information content (AvgIpc) is 2.67. The number of aryl methyl sites for hydroxylation is 3. The molecule has 0 aliphatic rings. The molecule has 0 saturated heterocycles. The predicted molar refractivity (Wildman–Crippen MR) is 120 cm³/mol. The number of anilines is 1. The van der Waals surface area contributed by atoms with Gasteiger partial charge in [0.25, 0.3) is 15.9 Å². The maximum atomic E-state index is 13.1. The van der Waals surface area contributed by atoms with Crippen molar-refractivity contribution in [1.82, 2.24) is 5.32 Å². The minimum absolute atomic E-state index is 0.0359. The van der Waals surface area contributed by atoms with Crippen molar-refractivity contribution in [1.29, 1.82) is 0 Å². The van der Waals surface area contributed by atoms with E-state index in [0.29, 0.717) is 11.3 Å². The van der Waals surface area contributed by atoms with Gasteiger partial charge < -0.3 is 5.32 Å². The largest absolute Gasteiger partial charge is 0.346 e. The molecule has 0 spiro atoms. The molecule has 3 rings (SSSR count). The molecule has 162 valence electrons. The van der Waals surface area contributed by atoms with Gasteiger partial charge in [0.2, 0.25) is 0 Å². The predicted octanol–water partition coefficient (Wildman–Crippen LogP) is 5.04. The highest BCUT2D eigenvalue weighted by molar-refractivity contribution is 7.92. The Hall–Kier alpha value is -3.19. The molecule has 7 heteroatoms. The van der Waals surface area contributed by atoms with Crippen LogP contribution < -0.4 is 10.0 Å². The summed E-state index contributed by atoms with van der Waals surface area (Å²) in [4.78, 5) is 12.8. The van der Waals surface area contributed by atoms with Gasteiger partial charge in [-0.3, -0.25) is 9.52 Å². The number of hydrogen-bond acceptors (Lipinski definition) is 3.